The van der Waals surface area contributed by atoms with Gasteiger partial charge in [0.25, 0.3) is 0 Å². The monoisotopic (exact) mass is 367 g/mol. The van der Waals surface area contributed by atoms with Gasteiger partial charge in [0.2, 0.25) is 0 Å². The first-order valence-electron chi connectivity index (χ1n) is 7.17. The number of guanidine groups is 1. The van der Waals surface area contributed by atoms with E-state index < -0.39 is 0 Å². The van der Waals surface area contributed by atoms with Crippen molar-refractivity contribution < 1.29 is 8.81 Å². The fraction of sp³-hybridized carbons (Fsp3) is 0.312. The number of nitrogens with one attached hydrogen (secondary N) is 2. The maximum atomic E-state index is 13.8. The van der Waals surface area contributed by atoms with Crippen LogP contribution in [0.3, 0.4) is 0 Å². The molecule has 0 bridgehead atoms. The second kappa shape index (κ2) is 8.58. The second-order valence-electron chi connectivity index (χ2n) is 4.69. The van der Waals surface area contributed by atoms with Crippen LogP contribution >= 0.6 is 15.9 Å². The van der Waals surface area contributed by atoms with Gasteiger partial charge in [-0.05, 0) is 31.2 Å². The van der Waals surface area contributed by atoms with Crippen molar-refractivity contribution in [1.82, 2.24) is 10.6 Å². The van der Waals surface area contributed by atoms with Crippen molar-refractivity contribution in [3.8, 4) is 0 Å². The number of rotatable bonds is 6. The first-order valence-corrected chi connectivity index (χ1v) is 7.97. The molecule has 0 amide bonds. The number of halogens is 2. The van der Waals surface area contributed by atoms with Crippen LogP contribution in [-0.4, -0.2) is 19.0 Å². The quantitative estimate of drug-likeness (QED) is 0.606. The van der Waals surface area contributed by atoms with Gasteiger partial charge in [-0.1, -0.05) is 22.0 Å². The Morgan fingerprint density at radius 2 is 2.18 bits per heavy atom. The topological polar surface area (TPSA) is 49.6 Å². The van der Waals surface area contributed by atoms with Gasteiger partial charge in [-0.15, -0.1) is 0 Å². The van der Waals surface area contributed by atoms with E-state index >= 15 is 0 Å². The summed E-state index contributed by atoms with van der Waals surface area (Å²) in [6.45, 7) is 3.72. The van der Waals surface area contributed by atoms with Gasteiger partial charge >= 0.3 is 0 Å². The minimum Gasteiger partial charge on any atom is -0.469 e. The van der Waals surface area contributed by atoms with Crippen LogP contribution in [0.15, 0.2) is 50.5 Å². The van der Waals surface area contributed by atoms with E-state index in [4.69, 9.17) is 4.42 Å². The van der Waals surface area contributed by atoms with Gasteiger partial charge in [-0.2, -0.15) is 0 Å². The molecular formula is C16H19BrFN3O. The van der Waals surface area contributed by atoms with E-state index in [-0.39, 0.29) is 12.4 Å². The molecule has 1 aromatic heterocycles. The van der Waals surface area contributed by atoms with Crippen molar-refractivity contribution >= 4 is 21.9 Å². The Hall–Kier alpha value is -1.82. The Balaban J connectivity index is 1.91. The lowest BCUT2D eigenvalue weighted by Gasteiger charge is -2.11. The molecule has 1 aromatic carbocycles. The standard InChI is InChI=1S/C16H19BrFN3O/c1-2-19-16(20-8-7-14-4-3-9-22-14)21-11-12-5-6-13(17)10-15(12)18/h3-6,9-10H,2,7-8,11H2,1H3,(H2,19,20,21). The van der Waals surface area contributed by atoms with Gasteiger partial charge in [-0.3, -0.25) is 0 Å². The van der Waals surface area contributed by atoms with E-state index in [9.17, 15) is 4.39 Å². The van der Waals surface area contributed by atoms with E-state index in [1.165, 1.54) is 6.07 Å². The summed E-state index contributed by atoms with van der Waals surface area (Å²) in [5, 5.41) is 6.35. The Kier molecular flexibility index (Phi) is 6.45. The fourth-order valence-electron chi connectivity index (χ4n) is 1.91. The van der Waals surface area contributed by atoms with Gasteiger partial charge in [0, 0.05) is 29.5 Å². The highest BCUT2D eigenvalue weighted by atomic mass is 79.9. The molecule has 1 heterocycles. The highest BCUT2D eigenvalue weighted by Crippen LogP contribution is 2.15. The Labute approximate surface area is 138 Å². The molecule has 118 valence electrons. The van der Waals surface area contributed by atoms with Crippen LogP contribution in [-0.2, 0) is 13.0 Å². The molecule has 0 atom stereocenters. The van der Waals surface area contributed by atoms with Gasteiger partial charge in [0.05, 0.1) is 12.8 Å². The summed E-state index contributed by atoms with van der Waals surface area (Å²) in [6, 6.07) is 8.79. The fourth-order valence-corrected chi connectivity index (χ4v) is 2.25. The van der Waals surface area contributed by atoms with Crippen LogP contribution in [0, 0.1) is 5.82 Å². The average Bonchev–Trinajstić information content (AvgIpc) is 2.99. The minimum absolute atomic E-state index is 0.260. The molecular weight excluding hydrogens is 349 g/mol. The molecule has 2 aromatic rings. The lowest BCUT2D eigenvalue weighted by molar-refractivity contribution is 0.507. The molecule has 0 saturated heterocycles. The number of furan rings is 1. The lowest BCUT2D eigenvalue weighted by atomic mass is 10.2. The predicted octanol–water partition coefficient (Wildman–Crippen LogP) is 3.48. The van der Waals surface area contributed by atoms with Gasteiger partial charge in [0.1, 0.15) is 11.6 Å². The van der Waals surface area contributed by atoms with Crippen molar-refractivity contribution in [3.05, 3.63) is 58.2 Å². The molecule has 0 aliphatic carbocycles. The summed E-state index contributed by atoms with van der Waals surface area (Å²) < 4.78 is 19.8. The molecule has 0 radical (unpaired) electrons. The van der Waals surface area contributed by atoms with Gasteiger partial charge in [0.15, 0.2) is 5.96 Å². The molecule has 2 N–H and O–H groups in total. The zero-order valence-corrected chi connectivity index (χ0v) is 14.0. The molecule has 0 aliphatic heterocycles. The third-order valence-electron chi connectivity index (χ3n) is 3.01. The zero-order valence-electron chi connectivity index (χ0n) is 12.4. The maximum absolute atomic E-state index is 13.8. The maximum Gasteiger partial charge on any atom is 0.191 e. The summed E-state index contributed by atoms with van der Waals surface area (Å²) in [7, 11) is 0. The van der Waals surface area contributed by atoms with Crippen molar-refractivity contribution in [3.63, 3.8) is 0 Å². The highest BCUT2D eigenvalue weighted by Gasteiger charge is 2.03. The molecule has 2 rings (SSSR count). The van der Waals surface area contributed by atoms with E-state index in [0.717, 1.165) is 23.2 Å². The number of hydrogen-bond donors (Lipinski definition) is 2. The summed E-state index contributed by atoms with van der Waals surface area (Å²) in [5.74, 6) is 1.32. The normalized spacial score (nSPS) is 11.5. The van der Waals surface area contributed by atoms with E-state index in [2.05, 4.69) is 31.6 Å². The third kappa shape index (κ3) is 5.18. The molecule has 4 nitrogen and oxygen atoms in total. The largest absolute Gasteiger partial charge is 0.469 e. The van der Waals surface area contributed by atoms with Crippen LogP contribution in [0.25, 0.3) is 0 Å². The van der Waals surface area contributed by atoms with Crippen molar-refractivity contribution in [2.75, 3.05) is 13.1 Å². The summed E-state index contributed by atoms with van der Waals surface area (Å²) >= 11 is 3.24. The van der Waals surface area contributed by atoms with E-state index in [1.807, 2.05) is 25.1 Å². The third-order valence-corrected chi connectivity index (χ3v) is 3.50. The highest BCUT2D eigenvalue weighted by molar-refractivity contribution is 9.10. The number of benzene rings is 1. The second-order valence-corrected chi connectivity index (χ2v) is 5.60. The minimum atomic E-state index is -0.260. The van der Waals surface area contributed by atoms with E-state index in [1.54, 1.807) is 12.3 Å². The van der Waals surface area contributed by atoms with Crippen molar-refractivity contribution in [2.24, 2.45) is 4.99 Å². The Morgan fingerprint density at radius 3 is 2.86 bits per heavy atom. The number of nitrogens with zero attached hydrogens (tertiary/aromatic N) is 1. The molecule has 0 saturated carbocycles. The molecule has 6 heteroatoms. The molecule has 0 fully saturated rings. The summed E-state index contributed by atoms with van der Waals surface area (Å²) in [6.07, 6.45) is 2.43. The van der Waals surface area contributed by atoms with E-state index in [0.29, 0.717) is 18.1 Å². The van der Waals surface area contributed by atoms with Crippen molar-refractivity contribution in [2.45, 2.75) is 19.9 Å². The van der Waals surface area contributed by atoms with Crippen molar-refractivity contribution in [1.29, 1.82) is 0 Å². The average molecular weight is 368 g/mol. The van der Waals surface area contributed by atoms with Crippen LogP contribution in [0.2, 0.25) is 0 Å². The smallest absolute Gasteiger partial charge is 0.191 e. The van der Waals surface area contributed by atoms with Crippen LogP contribution in [0.1, 0.15) is 18.2 Å². The van der Waals surface area contributed by atoms with Gasteiger partial charge in [-0.25, -0.2) is 9.38 Å². The Bertz CT molecular complexity index is 614. The predicted molar refractivity (Wildman–Crippen MR) is 89.3 cm³/mol. The first kappa shape index (κ1) is 16.5. The molecule has 0 spiro atoms. The molecule has 0 aliphatic rings. The number of hydrogen-bond acceptors (Lipinski definition) is 2. The zero-order chi connectivity index (χ0) is 15.8. The van der Waals surface area contributed by atoms with Crippen LogP contribution in [0.4, 0.5) is 4.39 Å². The SMILES string of the molecule is CCNC(=NCc1ccc(Br)cc1F)NCCc1ccco1. The van der Waals surface area contributed by atoms with Crippen LogP contribution in [0.5, 0.6) is 0 Å². The summed E-state index contributed by atoms with van der Waals surface area (Å²) in [4.78, 5) is 4.40. The summed E-state index contributed by atoms with van der Waals surface area (Å²) in [5.41, 5.74) is 0.562. The lowest BCUT2D eigenvalue weighted by Crippen LogP contribution is -2.38. The Morgan fingerprint density at radius 1 is 1.32 bits per heavy atom. The first-order chi connectivity index (χ1) is 10.7. The van der Waals surface area contributed by atoms with Gasteiger partial charge < -0.3 is 15.1 Å². The molecule has 22 heavy (non-hydrogen) atoms. The molecule has 0 unspecified atom stereocenters. The number of aliphatic imine (C=N–C) groups is 1. The van der Waals surface area contributed by atoms with Crippen LogP contribution < -0.4 is 10.6 Å².